The average Bonchev–Trinajstić information content (AvgIpc) is 3.04. The van der Waals surface area contributed by atoms with Crippen LogP contribution in [-0.2, 0) is 25.7 Å². The zero-order chi connectivity index (χ0) is 31.2. The number of nitro groups is 1. The van der Waals surface area contributed by atoms with Crippen molar-refractivity contribution in [3.05, 3.63) is 167 Å². The van der Waals surface area contributed by atoms with Crippen LogP contribution in [0.4, 0.5) is 10.1 Å². The molecule has 0 amide bonds. The summed E-state index contributed by atoms with van der Waals surface area (Å²) in [6.07, 6.45) is 2.91. The number of non-ortho nitro benzene ring substituents is 1. The molecular formula is C37H36FN3O4. The van der Waals surface area contributed by atoms with Crippen molar-refractivity contribution in [1.82, 2.24) is 9.97 Å². The number of halogens is 1. The van der Waals surface area contributed by atoms with Gasteiger partial charge in [0.05, 0.1) is 4.92 Å². The minimum atomic E-state index is -0.408. The fourth-order valence-electron chi connectivity index (χ4n) is 5.25. The predicted molar refractivity (Wildman–Crippen MR) is 180 cm³/mol. The molecule has 45 heavy (non-hydrogen) atoms. The highest BCUT2D eigenvalue weighted by Crippen LogP contribution is 2.17. The monoisotopic (exact) mass is 605 g/mol. The molecule has 0 bridgehead atoms. The Balaban J connectivity index is 0.000000201. The highest BCUT2D eigenvalue weighted by Gasteiger charge is 2.10. The molecular weight excluding hydrogens is 569 g/mol. The molecule has 2 aromatic heterocycles. The first-order valence-electron chi connectivity index (χ1n) is 14.4. The van der Waals surface area contributed by atoms with Crippen LogP contribution in [0.1, 0.15) is 41.1 Å². The normalized spacial score (nSPS) is 10.6. The minimum Gasteiger partial charge on any atom is -0.358 e. The summed E-state index contributed by atoms with van der Waals surface area (Å²) in [6.45, 7) is 3.68. The molecule has 2 heterocycles. The molecule has 6 rings (SSSR count). The maximum Gasteiger partial charge on any atom is 0.269 e. The largest absolute Gasteiger partial charge is 0.358 e. The molecule has 0 radical (unpaired) electrons. The average molecular weight is 606 g/mol. The second kappa shape index (κ2) is 14.4. The lowest BCUT2D eigenvalue weighted by Crippen LogP contribution is -2.12. The van der Waals surface area contributed by atoms with Crippen molar-refractivity contribution in [2.75, 3.05) is 0 Å². The van der Waals surface area contributed by atoms with Crippen molar-refractivity contribution in [2.24, 2.45) is 0 Å². The van der Waals surface area contributed by atoms with E-state index in [1.807, 2.05) is 62.4 Å². The summed E-state index contributed by atoms with van der Waals surface area (Å²) < 4.78 is 12.9. The number of aryl methyl sites for hydroxylation is 4. The van der Waals surface area contributed by atoms with Crippen LogP contribution in [0, 0.1) is 29.8 Å². The molecule has 0 unspecified atom stereocenters. The number of benzene rings is 4. The number of H-pyrrole nitrogens is 2. The highest BCUT2D eigenvalue weighted by atomic mass is 19.1. The second-order valence-corrected chi connectivity index (χ2v) is 10.8. The van der Waals surface area contributed by atoms with E-state index in [9.17, 15) is 24.1 Å². The van der Waals surface area contributed by atoms with Gasteiger partial charge in [0.2, 0.25) is 0 Å². The van der Waals surface area contributed by atoms with Crippen LogP contribution in [-0.4, -0.2) is 14.9 Å². The first-order valence-corrected chi connectivity index (χ1v) is 14.4. The molecule has 230 valence electrons. The number of hydrogen-bond acceptors (Lipinski definition) is 4. The lowest BCUT2D eigenvalue weighted by Gasteiger charge is -2.08. The van der Waals surface area contributed by atoms with Gasteiger partial charge in [-0.05, 0) is 87.1 Å². The number of para-hydroxylation sites is 2. The minimum absolute atomic E-state index is 0. The maximum atomic E-state index is 12.9. The maximum absolute atomic E-state index is 12.9. The third-order valence-electron chi connectivity index (χ3n) is 7.89. The summed E-state index contributed by atoms with van der Waals surface area (Å²) in [5.41, 5.74) is 7.33. The smallest absolute Gasteiger partial charge is 0.269 e. The van der Waals surface area contributed by atoms with Gasteiger partial charge in [-0.2, -0.15) is 0 Å². The number of rotatable bonds is 7. The fraction of sp³-hybridized carbons (Fsp3) is 0.189. The number of aromatic amines is 2. The van der Waals surface area contributed by atoms with Crippen molar-refractivity contribution in [1.29, 1.82) is 0 Å². The van der Waals surface area contributed by atoms with Gasteiger partial charge >= 0.3 is 0 Å². The van der Waals surface area contributed by atoms with Gasteiger partial charge in [-0.3, -0.25) is 19.7 Å². The second-order valence-electron chi connectivity index (χ2n) is 10.8. The van der Waals surface area contributed by atoms with Crippen LogP contribution < -0.4 is 10.9 Å². The quantitative estimate of drug-likeness (QED) is 0.142. The number of aromatic nitrogens is 2. The number of nitro benzene ring substituents is 1. The van der Waals surface area contributed by atoms with Gasteiger partial charge in [-0.1, -0.05) is 56.0 Å². The molecule has 0 saturated heterocycles. The van der Waals surface area contributed by atoms with Crippen molar-refractivity contribution in [3.63, 3.8) is 0 Å². The summed E-state index contributed by atoms with van der Waals surface area (Å²) in [4.78, 5) is 41.6. The van der Waals surface area contributed by atoms with Gasteiger partial charge < -0.3 is 9.97 Å². The molecule has 0 atom stereocenters. The van der Waals surface area contributed by atoms with E-state index in [-0.39, 0.29) is 29.8 Å². The number of nitrogens with one attached hydrogen (secondary N) is 2. The first-order chi connectivity index (χ1) is 21.2. The van der Waals surface area contributed by atoms with Crippen LogP contribution in [0.5, 0.6) is 0 Å². The molecule has 8 heteroatoms. The molecule has 0 aliphatic rings. The Morgan fingerprint density at radius 3 is 1.44 bits per heavy atom. The van der Waals surface area contributed by atoms with E-state index in [4.69, 9.17) is 0 Å². The fourth-order valence-corrected chi connectivity index (χ4v) is 5.25. The van der Waals surface area contributed by atoms with E-state index in [2.05, 4.69) is 9.97 Å². The Morgan fingerprint density at radius 2 is 1.02 bits per heavy atom. The first kappa shape index (κ1) is 32.5. The highest BCUT2D eigenvalue weighted by molar-refractivity contribution is 5.80. The lowest BCUT2D eigenvalue weighted by molar-refractivity contribution is -0.384. The summed E-state index contributed by atoms with van der Waals surface area (Å²) in [5, 5.41) is 12.1. The standard InChI is InChI=1S/C18H16FNO.C18H16N2O3.CH4/c1-12-16(11-8-13-6-9-14(19)10-7-13)20-17-5-3-2-4-15(17)18(12)21;1-12-16(19-17-5-3-2-4-15(17)18(12)21)11-8-13-6-9-14(10-7-13)20(22)23;/h2-7,9-10H,8,11H2,1H3,(H,20,21);2-7,9-10H,8,11H2,1H3,(H,19,21);1H4. The van der Waals surface area contributed by atoms with Crippen LogP contribution in [0.3, 0.4) is 0 Å². The number of hydrogen-bond donors (Lipinski definition) is 2. The molecule has 0 fully saturated rings. The van der Waals surface area contributed by atoms with Gasteiger partial charge in [-0.15, -0.1) is 0 Å². The molecule has 0 aliphatic carbocycles. The molecule has 7 nitrogen and oxygen atoms in total. The molecule has 0 aliphatic heterocycles. The van der Waals surface area contributed by atoms with Crippen LogP contribution in [0.15, 0.2) is 107 Å². The zero-order valence-corrected chi connectivity index (χ0v) is 24.5. The van der Waals surface area contributed by atoms with Crippen molar-refractivity contribution >= 4 is 27.5 Å². The van der Waals surface area contributed by atoms with Crippen molar-refractivity contribution in [3.8, 4) is 0 Å². The Morgan fingerprint density at radius 1 is 0.622 bits per heavy atom. The summed E-state index contributed by atoms with van der Waals surface area (Å²) in [6, 6.07) is 28.0. The van der Waals surface area contributed by atoms with Gasteiger partial charge in [0.15, 0.2) is 10.9 Å². The third-order valence-corrected chi connectivity index (χ3v) is 7.89. The van der Waals surface area contributed by atoms with E-state index < -0.39 is 4.92 Å². The Labute approximate surface area is 260 Å². The number of nitrogens with zero attached hydrogens (tertiary/aromatic N) is 1. The van der Waals surface area contributed by atoms with Crippen molar-refractivity contribution < 1.29 is 9.31 Å². The van der Waals surface area contributed by atoms with E-state index in [1.54, 1.807) is 24.3 Å². The Kier molecular flexibility index (Phi) is 10.4. The molecule has 4 aromatic carbocycles. The zero-order valence-electron chi connectivity index (χ0n) is 24.5. The summed E-state index contributed by atoms with van der Waals surface area (Å²) >= 11 is 0. The lowest BCUT2D eigenvalue weighted by atomic mass is 10.0. The van der Waals surface area contributed by atoms with Crippen LogP contribution in [0.2, 0.25) is 0 Å². The Hall–Kier alpha value is -5.37. The van der Waals surface area contributed by atoms with Gasteiger partial charge in [-0.25, -0.2) is 4.39 Å². The van der Waals surface area contributed by atoms with Gasteiger partial charge in [0.25, 0.3) is 5.69 Å². The number of pyridine rings is 2. The third kappa shape index (κ3) is 7.59. The van der Waals surface area contributed by atoms with E-state index >= 15 is 0 Å². The van der Waals surface area contributed by atoms with Crippen LogP contribution >= 0.6 is 0 Å². The van der Waals surface area contributed by atoms with Crippen molar-refractivity contribution in [2.45, 2.75) is 47.0 Å². The predicted octanol–water partition coefficient (Wildman–Crippen LogP) is 7.93. The Bertz CT molecular complexity index is 2060. The van der Waals surface area contributed by atoms with E-state index in [0.29, 0.717) is 18.2 Å². The SMILES string of the molecule is C.Cc1c(CCc2ccc(F)cc2)[nH]c2ccccc2c1=O.Cc1c(CCc2ccc([N+](=O)[O-])cc2)[nH]c2ccccc2c1=O. The van der Waals surface area contributed by atoms with Gasteiger partial charge in [0.1, 0.15) is 5.82 Å². The van der Waals surface area contributed by atoms with E-state index in [1.165, 1.54) is 24.3 Å². The molecule has 2 N–H and O–H groups in total. The van der Waals surface area contributed by atoms with Crippen LogP contribution in [0.25, 0.3) is 21.8 Å². The van der Waals surface area contributed by atoms with Gasteiger partial charge in [0, 0.05) is 56.5 Å². The molecule has 0 saturated carbocycles. The topological polar surface area (TPSA) is 109 Å². The van der Waals surface area contributed by atoms with E-state index in [0.717, 1.165) is 62.9 Å². The number of fused-ring (bicyclic) bond motifs is 2. The summed E-state index contributed by atoms with van der Waals surface area (Å²) in [7, 11) is 0. The summed E-state index contributed by atoms with van der Waals surface area (Å²) in [5.74, 6) is -0.228. The molecule has 6 aromatic rings. The molecule has 0 spiro atoms.